The first-order valence-electron chi connectivity index (χ1n) is 4.17. The third kappa shape index (κ3) is 4.45. The van der Waals surface area contributed by atoms with E-state index in [2.05, 4.69) is 25.5 Å². The molecule has 0 aliphatic rings. The van der Waals surface area contributed by atoms with Crippen molar-refractivity contribution >= 4 is 23.8 Å². The molecule has 2 N–H and O–H groups in total. The van der Waals surface area contributed by atoms with Crippen LogP contribution in [0.4, 0.5) is 4.79 Å². The van der Waals surface area contributed by atoms with Gasteiger partial charge in [0, 0.05) is 0 Å². The molecule has 1 aromatic heterocycles. The molecule has 0 saturated heterocycles. The van der Waals surface area contributed by atoms with Crippen LogP contribution in [-0.2, 0) is 9.53 Å². The summed E-state index contributed by atoms with van der Waals surface area (Å²) in [5.74, 6) is -0.341. The predicted molar refractivity (Wildman–Crippen MR) is 52.3 cm³/mol. The fourth-order valence-corrected chi connectivity index (χ4v) is 1.30. The SMILES string of the molecule is CCOC(=O)NC(=O)CSc1cn[nH]n1. The van der Waals surface area contributed by atoms with Crippen molar-refractivity contribution in [2.75, 3.05) is 12.4 Å². The number of aromatic amines is 1. The van der Waals surface area contributed by atoms with Crippen LogP contribution in [0.2, 0.25) is 0 Å². The van der Waals surface area contributed by atoms with Crippen molar-refractivity contribution in [3.63, 3.8) is 0 Å². The van der Waals surface area contributed by atoms with E-state index in [1.54, 1.807) is 6.92 Å². The van der Waals surface area contributed by atoms with Gasteiger partial charge in [-0.25, -0.2) is 4.79 Å². The van der Waals surface area contributed by atoms with Crippen LogP contribution in [-0.4, -0.2) is 39.8 Å². The highest BCUT2D eigenvalue weighted by Crippen LogP contribution is 2.11. The zero-order valence-electron chi connectivity index (χ0n) is 8.02. The van der Waals surface area contributed by atoms with Crippen LogP contribution in [0.3, 0.4) is 0 Å². The number of nitrogens with zero attached hydrogens (tertiary/aromatic N) is 2. The first-order chi connectivity index (χ1) is 7.22. The van der Waals surface area contributed by atoms with Gasteiger partial charge in [0.2, 0.25) is 5.91 Å². The van der Waals surface area contributed by atoms with Gasteiger partial charge in [-0.15, -0.1) is 5.10 Å². The summed E-state index contributed by atoms with van der Waals surface area (Å²) in [5, 5.41) is 12.4. The van der Waals surface area contributed by atoms with Gasteiger partial charge in [-0.3, -0.25) is 10.1 Å². The molecule has 0 saturated carbocycles. The van der Waals surface area contributed by atoms with E-state index in [4.69, 9.17) is 0 Å². The lowest BCUT2D eigenvalue weighted by atomic mass is 10.7. The minimum atomic E-state index is -0.733. The average Bonchev–Trinajstić information content (AvgIpc) is 2.67. The van der Waals surface area contributed by atoms with Gasteiger partial charge in [0.15, 0.2) is 0 Å². The molecule has 0 spiro atoms. The van der Waals surface area contributed by atoms with Crippen LogP contribution in [0.1, 0.15) is 6.92 Å². The maximum atomic E-state index is 11.1. The molecule has 1 aromatic rings. The summed E-state index contributed by atoms with van der Waals surface area (Å²) in [6.07, 6.45) is 0.755. The minimum Gasteiger partial charge on any atom is -0.450 e. The van der Waals surface area contributed by atoms with Gasteiger partial charge >= 0.3 is 6.09 Å². The Balaban J connectivity index is 2.22. The summed E-state index contributed by atoms with van der Waals surface area (Å²) in [6.45, 7) is 1.89. The highest BCUT2D eigenvalue weighted by Gasteiger charge is 2.09. The van der Waals surface area contributed by atoms with Gasteiger partial charge in [-0.1, -0.05) is 11.8 Å². The van der Waals surface area contributed by atoms with Crippen molar-refractivity contribution in [3.8, 4) is 0 Å². The predicted octanol–water partition coefficient (Wildman–Crippen LogP) is 0.169. The third-order valence-electron chi connectivity index (χ3n) is 1.26. The highest BCUT2D eigenvalue weighted by atomic mass is 32.2. The number of carbonyl (C=O) groups is 2. The Hall–Kier alpha value is -1.57. The number of hydrogen-bond acceptors (Lipinski definition) is 6. The van der Waals surface area contributed by atoms with Gasteiger partial charge in [0.1, 0.15) is 5.03 Å². The lowest BCUT2D eigenvalue weighted by Gasteiger charge is -2.02. The van der Waals surface area contributed by atoms with Crippen molar-refractivity contribution in [2.45, 2.75) is 11.9 Å². The molecule has 0 aliphatic heterocycles. The van der Waals surface area contributed by atoms with Crippen LogP contribution in [0.5, 0.6) is 0 Å². The Labute approximate surface area is 90.0 Å². The minimum absolute atomic E-state index is 0.0886. The van der Waals surface area contributed by atoms with Gasteiger partial charge in [-0.2, -0.15) is 10.3 Å². The lowest BCUT2D eigenvalue weighted by molar-refractivity contribution is -0.117. The zero-order valence-corrected chi connectivity index (χ0v) is 8.84. The summed E-state index contributed by atoms with van der Waals surface area (Å²) in [7, 11) is 0. The van der Waals surface area contributed by atoms with Crippen molar-refractivity contribution < 1.29 is 14.3 Å². The van der Waals surface area contributed by atoms with Crippen molar-refractivity contribution in [1.82, 2.24) is 20.7 Å². The Bertz CT molecular complexity index is 327. The molecule has 8 heteroatoms. The molecular weight excluding hydrogens is 220 g/mol. The number of nitrogens with one attached hydrogen (secondary N) is 2. The number of imide groups is 1. The maximum absolute atomic E-state index is 11.1. The molecule has 0 unspecified atom stereocenters. The zero-order chi connectivity index (χ0) is 11.1. The Morgan fingerprint density at radius 1 is 1.67 bits per heavy atom. The molecule has 1 heterocycles. The molecule has 0 radical (unpaired) electrons. The smallest absolute Gasteiger partial charge is 0.413 e. The van der Waals surface area contributed by atoms with Crippen LogP contribution in [0.15, 0.2) is 11.2 Å². The number of thioether (sulfide) groups is 1. The second-order valence-corrected chi connectivity index (χ2v) is 3.36. The number of rotatable bonds is 4. The molecule has 7 nitrogen and oxygen atoms in total. The topological polar surface area (TPSA) is 97.0 Å². The van der Waals surface area contributed by atoms with Crippen LogP contribution in [0.25, 0.3) is 0 Å². The summed E-state index contributed by atoms with van der Waals surface area (Å²) in [4.78, 5) is 21.9. The number of ether oxygens (including phenoxy) is 1. The van der Waals surface area contributed by atoms with Crippen LogP contribution < -0.4 is 5.32 Å². The molecule has 0 aromatic carbocycles. The maximum Gasteiger partial charge on any atom is 0.413 e. The van der Waals surface area contributed by atoms with Crippen molar-refractivity contribution in [1.29, 1.82) is 0 Å². The van der Waals surface area contributed by atoms with Gasteiger partial charge in [-0.05, 0) is 6.92 Å². The molecule has 2 amide bonds. The first kappa shape index (κ1) is 11.5. The Kier molecular flexibility index (Phi) is 4.61. The van der Waals surface area contributed by atoms with Crippen LogP contribution in [0, 0.1) is 0 Å². The van der Waals surface area contributed by atoms with E-state index in [9.17, 15) is 9.59 Å². The lowest BCUT2D eigenvalue weighted by Crippen LogP contribution is -2.32. The average molecular weight is 230 g/mol. The van der Waals surface area contributed by atoms with E-state index in [0.717, 1.165) is 0 Å². The van der Waals surface area contributed by atoms with Crippen molar-refractivity contribution in [2.24, 2.45) is 0 Å². The number of H-pyrrole nitrogens is 1. The third-order valence-corrected chi connectivity index (χ3v) is 2.16. The van der Waals surface area contributed by atoms with E-state index in [0.29, 0.717) is 5.03 Å². The standard InChI is InChI=1S/C7H10N4O3S/c1-2-14-7(13)9-5(12)4-15-6-3-8-11-10-6/h3H,2,4H2,1H3,(H,8,10,11)(H,9,12,13). The fourth-order valence-electron chi connectivity index (χ4n) is 0.717. The summed E-state index contributed by atoms with van der Waals surface area (Å²) in [6, 6.07) is 0. The number of carbonyl (C=O) groups excluding carboxylic acids is 2. The van der Waals surface area contributed by atoms with Gasteiger partial charge in [0.05, 0.1) is 18.6 Å². The Morgan fingerprint density at radius 3 is 3.07 bits per heavy atom. The van der Waals surface area contributed by atoms with Crippen molar-refractivity contribution in [3.05, 3.63) is 6.20 Å². The number of amides is 2. The fraction of sp³-hybridized carbons (Fsp3) is 0.429. The van der Waals surface area contributed by atoms with E-state index in [1.165, 1.54) is 18.0 Å². The number of alkyl carbamates (subject to hydrolysis) is 1. The summed E-state index contributed by atoms with van der Waals surface area (Å²) < 4.78 is 4.54. The van der Waals surface area contributed by atoms with Gasteiger partial charge < -0.3 is 4.74 Å². The van der Waals surface area contributed by atoms with E-state index in [1.807, 2.05) is 0 Å². The molecule has 15 heavy (non-hydrogen) atoms. The number of hydrogen-bond donors (Lipinski definition) is 2. The molecule has 0 atom stereocenters. The molecule has 82 valence electrons. The largest absolute Gasteiger partial charge is 0.450 e. The second kappa shape index (κ2) is 6.02. The quantitative estimate of drug-likeness (QED) is 0.715. The summed E-state index contributed by atoms with van der Waals surface area (Å²) in [5.41, 5.74) is 0. The summed E-state index contributed by atoms with van der Waals surface area (Å²) >= 11 is 1.17. The molecule has 0 aliphatic carbocycles. The van der Waals surface area contributed by atoms with Gasteiger partial charge in [0.25, 0.3) is 0 Å². The molecular formula is C7H10N4O3S. The van der Waals surface area contributed by atoms with E-state index < -0.39 is 12.0 Å². The monoisotopic (exact) mass is 230 g/mol. The normalized spacial score (nSPS) is 9.67. The highest BCUT2D eigenvalue weighted by molar-refractivity contribution is 7.99. The van der Waals surface area contributed by atoms with E-state index >= 15 is 0 Å². The first-order valence-corrected chi connectivity index (χ1v) is 5.16. The number of aromatic nitrogens is 3. The molecule has 0 fully saturated rings. The molecule has 1 rings (SSSR count). The van der Waals surface area contributed by atoms with Crippen LogP contribution >= 0.6 is 11.8 Å². The Morgan fingerprint density at radius 2 is 2.47 bits per heavy atom. The van der Waals surface area contributed by atoms with E-state index in [-0.39, 0.29) is 12.4 Å². The second-order valence-electron chi connectivity index (χ2n) is 2.37. The molecule has 0 bridgehead atoms.